The molecule has 3 rings (SSSR count). The molecule has 0 aromatic heterocycles. The van der Waals surface area contributed by atoms with Crippen LogP contribution in [0.4, 0.5) is 11.4 Å². The van der Waals surface area contributed by atoms with Crippen molar-refractivity contribution in [2.75, 3.05) is 12.1 Å². The molecule has 108 valence electrons. The Morgan fingerprint density at radius 2 is 2.05 bits per heavy atom. The van der Waals surface area contributed by atoms with Gasteiger partial charge in [0.05, 0.1) is 11.0 Å². The molecule has 1 unspecified atom stereocenters. The number of rotatable bonds is 3. The molecule has 1 saturated carbocycles. The van der Waals surface area contributed by atoms with Crippen molar-refractivity contribution in [3.8, 4) is 11.5 Å². The van der Waals surface area contributed by atoms with E-state index >= 15 is 0 Å². The van der Waals surface area contributed by atoms with E-state index in [0.717, 1.165) is 19.3 Å². The van der Waals surface area contributed by atoms with E-state index in [1.165, 1.54) is 6.07 Å². The molecule has 1 aliphatic heterocycles. The number of nitro benzene ring substituents is 1. The van der Waals surface area contributed by atoms with E-state index in [2.05, 4.69) is 19.2 Å². The Balaban J connectivity index is 1.87. The first kappa shape index (κ1) is 13.0. The number of nitrogens with one attached hydrogen (secondary N) is 1. The van der Waals surface area contributed by atoms with Crippen LogP contribution in [0.3, 0.4) is 0 Å². The van der Waals surface area contributed by atoms with E-state index in [4.69, 9.17) is 9.47 Å². The van der Waals surface area contributed by atoms with E-state index in [-0.39, 0.29) is 23.4 Å². The predicted octanol–water partition coefficient (Wildman–Crippen LogP) is 3.31. The largest absolute Gasteiger partial charge is 0.454 e. The molecule has 1 heterocycles. The van der Waals surface area contributed by atoms with Gasteiger partial charge in [0.2, 0.25) is 6.79 Å². The SMILES string of the molecule is CC1(C)CCC(Nc2cc3c(cc2[N+](=O)[O-])OCO3)C1. The Hall–Kier alpha value is -1.98. The molecule has 1 aromatic carbocycles. The predicted molar refractivity (Wildman–Crippen MR) is 74.3 cm³/mol. The smallest absolute Gasteiger partial charge is 0.296 e. The van der Waals surface area contributed by atoms with Gasteiger partial charge in [0.15, 0.2) is 11.5 Å². The minimum absolute atomic E-state index is 0.0407. The third kappa shape index (κ3) is 2.37. The Bertz CT molecular complexity index is 556. The van der Waals surface area contributed by atoms with Crippen LogP contribution in [0.1, 0.15) is 33.1 Å². The lowest BCUT2D eigenvalue weighted by atomic mass is 9.92. The Morgan fingerprint density at radius 3 is 2.65 bits per heavy atom. The lowest BCUT2D eigenvalue weighted by Gasteiger charge is -2.18. The first-order valence-electron chi connectivity index (χ1n) is 6.79. The molecule has 1 N–H and O–H groups in total. The minimum Gasteiger partial charge on any atom is -0.454 e. The number of benzene rings is 1. The zero-order valence-corrected chi connectivity index (χ0v) is 11.6. The zero-order chi connectivity index (χ0) is 14.3. The fourth-order valence-corrected chi connectivity index (χ4v) is 2.98. The lowest BCUT2D eigenvalue weighted by Crippen LogP contribution is -2.18. The average Bonchev–Trinajstić information content (AvgIpc) is 2.94. The summed E-state index contributed by atoms with van der Waals surface area (Å²) in [7, 11) is 0. The fourth-order valence-electron chi connectivity index (χ4n) is 2.98. The first-order valence-corrected chi connectivity index (χ1v) is 6.79. The molecule has 2 aliphatic rings. The van der Waals surface area contributed by atoms with Crippen molar-refractivity contribution in [2.24, 2.45) is 5.41 Å². The third-order valence-electron chi connectivity index (χ3n) is 4.02. The van der Waals surface area contributed by atoms with Crippen LogP contribution in [0.2, 0.25) is 0 Å². The normalized spacial score (nSPS) is 22.8. The summed E-state index contributed by atoms with van der Waals surface area (Å²) in [5.74, 6) is 1.00. The van der Waals surface area contributed by atoms with Gasteiger partial charge in [0, 0.05) is 12.1 Å². The molecule has 0 spiro atoms. The quantitative estimate of drug-likeness (QED) is 0.678. The van der Waals surface area contributed by atoms with Crippen molar-refractivity contribution in [1.29, 1.82) is 0 Å². The highest BCUT2D eigenvalue weighted by Crippen LogP contribution is 2.43. The molecule has 1 atom stereocenters. The van der Waals surface area contributed by atoms with Crippen molar-refractivity contribution >= 4 is 11.4 Å². The number of hydrogen-bond acceptors (Lipinski definition) is 5. The maximum atomic E-state index is 11.2. The molecule has 6 nitrogen and oxygen atoms in total. The standard InChI is InChI=1S/C14H18N2O4/c1-14(2)4-3-9(7-14)15-10-5-12-13(20-8-19-12)6-11(10)16(17)18/h5-6,9,15H,3-4,7-8H2,1-2H3. The number of ether oxygens (including phenoxy) is 2. The molecule has 0 saturated heterocycles. The molecular weight excluding hydrogens is 260 g/mol. The van der Waals surface area contributed by atoms with Crippen LogP contribution in [0.5, 0.6) is 11.5 Å². The maximum absolute atomic E-state index is 11.2. The van der Waals surface area contributed by atoms with Gasteiger partial charge in [-0.2, -0.15) is 0 Å². The van der Waals surface area contributed by atoms with E-state index in [9.17, 15) is 10.1 Å². The summed E-state index contributed by atoms with van der Waals surface area (Å²) >= 11 is 0. The van der Waals surface area contributed by atoms with Gasteiger partial charge in [-0.3, -0.25) is 10.1 Å². The van der Waals surface area contributed by atoms with E-state index < -0.39 is 0 Å². The summed E-state index contributed by atoms with van der Waals surface area (Å²) in [5.41, 5.74) is 0.851. The van der Waals surface area contributed by atoms with Gasteiger partial charge in [-0.25, -0.2) is 0 Å². The monoisotopic (exact) mass is 278 g/mol. The van der Waals surface area contributed by atoms with Crippen molar-refractivity contribution in [3.05, 3.63) is 22.2 Å². The summed E-state index contributed by atoms with van der Waals surface area (Å²) < 4.78 is 10.5. The minimum atomic E-state index is -0.385. The second-order valence-electron chi connectivity index (χ2n) is 6.23. The summed E-state index contributed by atoms with van der Waals surface area (Å²) in [6, 6.07) is 3.38. The molecule has 20 heavy (non-hydrogen) atoms. The highest BCUT2D eigenvalue weighted by atomic mass is 16.7. The molecule has 0 amide bonds. The summed E-state index contributed by atoms with van der Waals surface area (Å²) in [4.78, 5) is 10.8. The van der Waals surface area contributed by atoms with Gasteiger partial charge >= 0.3 is 0 Å². The average molecular weight is 278 g/mol. The van der Waals surface area contributed by atoms with Crippen LogP contribution in [0.15, 0.2) is 12.1 Å². The zero-order valence-electron chi connectivity index (χ0n) is 11.6. The van der Waals surface area contributed by atoms with Crippen molar-refractivity contribution in [3.63, 3.8) is 0 Å². The van der Waals surface area contributed by atoms with Gasteiger partial charge in [-0.15, -0.1) is 0 Å². The molecule has 0 radical (unpaired) electrons. The topological polar surface area (TPSA) is 73.6 Å². The van der Waals surface area contributed by atoms with Gasteiger partial charge in [0.1, 0.15) is 5.69 Å². The van der Waals surface area contributed by atoms with Crippen molar-refractivity contribution in [1.82, 2.24) is 0 Å². The van der Waals surface area contributed by atoms with E-state index in [0.29, 0.717) is 22.6 Å². The van der Waals surface area contributed by atoms with Crippen molar-refractivity contribution < 1.29 is 14.4 Å². The van der Waals surface area contributed by atoms with Gasteiger partial charge in [-0.1, -0.05) is 13.8 Å². The van der Waals surface area contributed by atoms with Crippen LogP contribution in [-0.4, -0.2) is 17.8 Å². The third-order valence-corrected chi connectivity index (χ3v) is 4.02. The maximum Gasteiger partial charge on any atom is 0.296 e. The second kappa shape index (κ2) is 4.54. The molecule has 1 fully saturated rings. The van der Waals surface area contributed by atoms with E-state index in [1.54, 1.807) is 6.07 Å². The summed E-state index contributed by atoms with van der Waals surface area (Å²) in [6.07, 6.45) is 3.17. The molecule has 0 bridgehead atoms. The number of fused-ring (bicyclic) bond motifs is 1. The highest BCUT2D eigenvalue weighted by Gasteiger charge is 2.32. The number of anilines is 1. The summed E-state index contributed by atoms with van der Waals surface area (Å²) in [6.45, 7) is 4.57. The van der Waals surface area contributed by atoms with Gasteiger partial charge < -0.3 is 14.8 Å². The van der Waals surface area contributed by atoms with Gasteiger partial charge in [-0.05, 0) is 24.7 Å². The molecular formula is C14H18N2O4. The van der Waals surface area contributed by atoms with Crippen LogP contribution in [-0.2, 0) is 0 Å². The lowest BCUT2D eigenvalue weighted by molar-refractivity contribution is -0.384. The number of nitro groups is 1. The summed E-state index contributed by atoms with van der Waals surface area (Å²) in [5, 5.41) is 14.5. The van der Waals surface area contributed by atoms with Gasteiger partial charge in [0.25, 0.3) is 5.69 Å². The Morgan fingerprint density at radius 1 is 1.35 bits per heavy atom. The van der Waals surface area contributed by atoms with Crippen LogP contribution in [0, 0.1) is 15.5 Å². The molecule has 6 heteroatoms. The fraction of sp³-hybridized carbons (Fsp3) is 0.571. The number of nitrogens with zero attached hydrogens (tertiary/aromatic N) is 1. The molecule has 1 aliphatic carbocycles. The van der Waals surface area contributed by atoms with Crippen LogP contribution in [0.25, 0.3) is 0 Å². The van der Waals surface area contributed by atoms with Crippen LogP contribution < -0.4 is 14.8 Å². The molecule has 1 aromatic rings. The Labute approximate surface area is 117 Å². The van der Waals surface area contributed by atoms with E-state index in [1.807, 2.05) is 0 Å². The number of hydrogen-bond donors (Lipinski definition) is 1. The Kier molecular flexibility index (Phi) is 2.96. The van der Waals surface area contributed by atoms with Crippen molar-refractivity contribution in [2.45, 2.75) is 39.2 Å². The highest BCUT2D eigenvalue weighted by molar-refractivity contribution is 5.69. The van der Waals surface area contributed by atoms with Crippen LogP contribution >= 0.6 is 0 Å². The second-order valence-corrected chi connectivity index (χ2v) is 6.23. The first-order chi connectivity index (χ1) is 9.44.